The van der Waals surface area contributed by atoms with Crippen molar-refractivity contribution in [3.63, 3.8) is 0 Å². The highest BCUT2D eigenvalue weighted by Gasteiger charge is 2.33. The van der Waals surface area contributed by atoms with Crippen LogP contribution in [0.2, 0.25) is 0 Å². The molecule has 0 aliphatic carbocycles. The van der Waals surface area contributed by atoms with Gasteiger partial charge in [-0.05, 0) is 6.07 Å². The van der Waals surface area contributed by atoms with Crippen molar-refractivity contribution in [3.8, 4) is 0 Å². The maximum Gasteiger partial charge on any atom is 0.328 e. The first-order chi connectivity index (χ1) is 9.00. The number of ether oxygens (including phenoxy) is 1. The lowest BCUT2D eigenvalue weighted by Gasteiger charge is -2.32. The molecular weight excluding hydrogens is 254 g/mol. The van der Waals surface area contributed by atoms with Gasteiger partial charge in [-0.15, -0.1) is 0 Å². The number of nitrogens with zero attached hydrogens (tertiary/aromatic N) is 3. The molecule has 1 fully saturated rings. The van der Waals surface area contributed by atoms with E-state index in [0.717, 1.165) is 4.68 Å². The van der Waals surface area contributed by atoms with E-state index in [9.17, 15) is 14.4 Å². The van der Waals surface area contributed by atoms with Crippen molar-refractivity contribution in [2.45, 2.75) is 6.04 Å². The number of morpholine rings is 1. The number of hydrogen-bond donors (Lipinski definition) is 1. The van der Waals surface area contributed by atoms with Gasteiger partial charge in [-0.2, -0.15) is 5.10 Å². The molecule has 1 aromatic heterocycles. The van der Waals surface area contributed by atoms with Crippen LogP contribution >= 0.6 is 0 Å². The Morgan fingerprint density at radius 2 is 2.21 bits per heavy atom. The van der Waals surface area contributed by atoms with Gasteiger partial charge in [-0.1, -0.05) is 0 Å². The smallest absolute Gasteiger partial charge is 0.328 e. The fraction of sp³-hybridized carbons (Fsp3) is 0.455. The van der Waals surface area contributed by atoms with E-state index in [0.29, 0.717) is 0 Å². The normalized spacial score (nSPS) is 19.2. The molecule has 1 unspecified atom stereocenters. The first kappa shape index (κ1) is 13.2. The Bertz CT molecular complexity index is 568. The second-order valence-corrected chi connectivity index (χ2v) is 4.11. The van der Waals surface area contributed by atoms with Crippen LogP contribution in [0, 0.1) is 0 Å². The van der Waals surface area contributed by atoms with Crippen molar-refractivity contribution in [3.05, 3.63) is 28.2 Å². The lowest BCUT2D eigenvalue weighted by molar-refractivity contribution is -0.147. The molecule has 2 heterocycles. The van der Waals surface area contributed by atoms with Gasteiger partial charge in [0.1, 0.15) is 5.69 Å². The molecular formula is C11H13N3O5. The molecule has 1 amide bonds. The van der Waals surface area contributed by atoms with Crippen molar-refractivity contribution in [2.75, 3.05) is 19.8 Å². The third-order valence-electron chi connectivity index (χ3n) is 2.85. The van der Waals surface area contributed by atoms with E-state index < -0.39 is 17.9 Å². The van der Waals surface area contributed by atoms with Crippen molar-refractivity contribution in [2.24, 2.45) is 7.05 Å². The Labute approximate surface area is 108 Å². The molecule has 0 bridgehead atoms. The van der Waals surface area contributed by atoms with Gasteiger partial charge >= 0.3 is 5.97 Å². The number of carbonyl (C=O) groups is 2. The van der Waals surface area contributed by atoms with Gasteiger partial charge in [0.2, 0.25) is 0 Å². The maximum absolute atomic E-state index is 12.2. The van der Waals surface area contributed by atoms with Crippen molar-refractivity contribution >= 4 is 11.9 Å². The van der Waals surface area contributed by atoms with Crippen molar-refractivity contribution in [1.82, 2.24) is 14.7 Å². The van der Waals surface area contributed by atoms with E-state index in [1.54, 1.807) is 0 Å². The number of aryl methyl sites for hydroxylation is 1. The first-order valence-electron chi connectivity index (χ1n) is 5.66. The summed E-state index contributed by atoms with van der Waals surface area (Å²) >= 11 is 0. The molecule has 1 atom stereocenters. The molecule has 1 aromatic rings. The Hall–Kier alpha value is -2.22. The minimum atomic E-state index is -1.13. The highest BCUT2D eigenvalue weighted by Crippen LogP contribution is 2.11. The van der Waals surface area contributed by atoms with Crippen LogP contribution in [-0.4, -0.2) is 57.5 Å². The molecule has 2 rings (SSSR count). The Morgan fingerprint density at radius 3 is 2.84 bits per heavy atom. The van der Waals surface area contributed by atoms with Crippen LogP contribution in [-0.2, 0) is 16.6 Å². The summed E-state index contributed by atoms with van der Waals surface area (Å²) in [6, 6.07) is 1.48. The summed E-state index contributed by atoms with van der Waals surface area (Å²) < 4.78 is 6.08. The predicted octanol–water partition coefficient (Wildman–Crippen LogP) is -1.29. The summed E-state index contributed by atoms with van der Waals surface area (Å²) in [5.74, 6) is -1.65. The van der Waals surface area contributed by atoms with Gasteiger partial charge in [-0.25, -0.2) is 9.48 Å². The van der Waals surface area contributed by atoms with Gasteiger partial charge < -0.3 is 14.7 Å². The van der Waals surface area contributed by atoms with Gasteiger partial charge in [0.15, 0.2) is 6.04 Å². The molecule has 8 nitrogen and oxygen atoms in total. The zero-order valence-corrected chi connectivity index (χ0v) is 10.3. The van der Waals surface area contributed by atoms with Crippen LogP contribution < -0.4 is 5.56 Å². The van der Waals surface area contributed by atoms with Crippen molar-refractivity contribution in [1.29, 1.82) is 0 Å². The highest BCUT2D eigenvalue weighted by atomic mass is 16.5. The van der Waals surface area contributed by atoms with Crippen LogP contribution in [0.4, 0.5) is 0 Å². The molecule has 19 heavy (non-hydrogen) atoms. The van der Waals surface area contributed by atoms with E-state index in [1.807, 2.05) is 0 Å². The van der Waals surface area contributed by atoms with Crippen molar-refractivity contribution < 1.29 is 19.4 Å². The minimum absolute atomic E-state index is 0.0373. The van der Waals surface area contributed by atoms with E-state index in [2.05, 4.69) is 5.10 Å². The molecule has 1 N–H and O–H groups in total. The number of carboxylic acid groups (broad SMARTS) is 1. The summed E-state index contributed by atoms with van der Waals surface area (Å²) in [5.41, 5.74) is -0.302. The molecule has 1 aliphatic heterocycles. The molecule has 0 radical (unpaired) electrons. The zero-order valence-electron chi connectivity index (χ0n) is 10.3. The standard InChI is InChI=1S/C11H13N3O5/c1-13-9(15)3-2-7(12-13)10(16)14-4-5-19-6-8(14)11(17)18/h2-3,8H,4-6H2,1H3,(H,17,18). The van der Waals surface area contributed by atoms with Gasteiger partial charge in [0.05, 0.1) is 13.2 Å². The monoisotopic (exact) mass is 267 g/mol. The average Bonchev–Trinajstić information content (AvgIpc) is 2.41. The Kier molecular flexibility index (Phi) is 3.61. The lowest BCUT2D eigenvalue weighted by Crippen LogP contribution is -2.52. The number of rotatable bonds is 2. The fourth-order valence-corrected chi connectivity index (χ4v) is 1.81. The fourth-order valence-electron chi connectivity index (χ4n) is 1.81. The Morgan fingerprint density at radius 1 is 1.47 bits per heavy atom. The molecule has 0 aromatic carbocycles. The molecule has 0 spiro atoms. The summed E-state index contributed by atoms with van der Waals surface area (Å²) in [4.78, 5) is 35.7. The molecule has 0 saturated carbocycles. The van der Waals surface area contributed by atoms with Gasteiger partial charge in [0.25, 0.3) is 11.5 Å². The second-order valence-electron chi connectivity index (χ2n) is 4.11. The molecule has 1 saturated heterocycles. The van der Waals surface area contributed by atoms with Gasteiger partial charge in [-0.3, -0.25) is 9.59 Å². The molecule has 8 heteroatoms. The number of carbonyl (C=O) groups excluding carboxylic acids is 1. The highest BCUT2D eigenvalue weighted by molar-refractivity contribution is 5.95. The van der Waals surface area contributed by atoms with E-state index in [4.69, 9.17) is 9.84 Å². The topological polar surface area (TPSA) is 102 Å². The quantitative estimate of drug-likeness (QED) is 0.715. The van der Waals surface area contributed by atoms with Crippen LogP contribution in [0.15, 0.2) is 16.9 Å². The number of hydrogen-bond acceptors (Lipinski definition) is 5. The molecule has 102 valence electrons. The number of aliphatic carboxylic acids is 1. The second kappa shape index (κ2) is 5.19. The lowest BCUT2D eigenvalue weighted by atomic mass is 10.2. The summed E-state index contributed by atoms with van der Waals surface area (Å²) in [5, 5.41) is 12.9. The third kappa shape index (κ3) is 2.63. The Balaban J connectivity index is 2.28. The molecule has 1 aliphatic rings. The van der Waals surface area contributed by atoms with E-state index in [-0.39, 0.29) is 31.0 Å². The number of amides is 1. The average molecular weight is 267 g/mol. The van der Waals surface area contributed by atoms with Crippen LogP contribution in [0.3, 0.4) is 0 Å². The van der Waals surface area contributed by atoms with Crippen LogP contribution in [0.5, 0.6) is 0 Å². The van der Waals surface area contributed by atoms with Crippen LogP contribution in [0.25, 0.3) is 0 Å². The SMILES string of the molecule is Cn1nc(C(=O)N2CCOCC2C(=O)O)ccc1=O. The number of carboxylic acids is 1. The van der Waals surface area contributed by atoms with E-state index in [1.165, 1.54) is 24.1 Å². The maximum atomic E-state index is 12.2. The minimum Gasteiger partial charge on any atom is -0.480 e. The predicted molar refractivity (Wildman–Crippen MR) is 62.8 cm³/mol. The first-order valence-corrected chi connectivity index (χ1v) is 5.66. The van der Waals surface area contributed by atoms with Crippen LogP contribution in [0.1, 0.15) is 10.5 Å². The zero-order chi connectivity index (χ0) is 14.0. The van der Waals surface area contributed by atoms with Gasteiger partial charge in [0, 0.05) is 19.7 Å². The summed E-state index contributed by atoms with van der Waals surface area (Å²) in [7, 11) is 1.42. The summed E-state index contributed by atoms with van der Waals surface area (Å²) in [6.45, 7) is 0.411. The summed E-state index contributed by atoms with van der Waals surface area (Å²) in [6.07, 6.45) is 0. The third-order valence-corrected chi connectivity index (χ3v) is 2.85. The van der Waals surface area contributed by atoms with E-state index >= 15 is 0 Å². The number of aromatic nitrogens is 2. The largest absolute Gasteiger partial charge is 0.480 e.